The first-order chi connectivity index (χ1) is 9.16. The maximum absolute atomic E-state index is 13.7. The molecular formula is C14H19FN2O2. The van der Waals surface area contributed by atoms with Gasteiger partial charge in [-0.15, -0.1) is 0 Å². The molecule has 2 atom stereocenters. The predicted molar refractivity (Wildman–Crippen MR) is 70.7 cm³/mol. The van der Waals surface area contributed by atoms with Crippen molar-refractivity contribution in [3.8, 4) is 0 Å². The van der Waals surface area contributed by atoms with E-state index in [1.165, 1.54) is 4.90 Å². The molecule has 1 aromatic rings. The van der Waals surface area contributed by atoms with Crippen LogP contribution in [0.5, 0.6) is 0 Å². The van der Waals surface area contributed by atoms with Crippen LogP contribution in [-0.2, 0) is 6.54 Å². The minimum atomic E-state index is -0.991. The minimum absolute atomic E-state index is 0.207. The largest absolute Gasteiger partial charge is 0.465 e. The average molecular weight is 266 g/mol. The van der Waals surface area contributed by atoms with Gasteiger partial charge in [0.05, 0.1) is 0 Å². The summed E-state index contributed by atoms with van der Waals surface area (Å²) in [6.45, 7) is 1.65. The standard InChI is InChI=1S/C14H19FN2O2/c15-13-8-16-7-6-12(13)10-17(14(18)19)9-11-4-2-1-3-5-11/h1-5,12-13,16H,6-10H2,(H,18,19)/t12-,13-/m1/s1. The fourth-order valence-electron chi connectivity index (χ4n) is 2.38. The monoisotopic (exact) mass is 266 g/mol. The molecular weight excluding hydrogens is 247 g/mol. The van der Waals surface area contributed by atoms with Crippen LogP contribution in [0.3, 0.4) is 0 Å². The van der Waals surface area contributed by atoms with Crippen LogP contribution in [0.4, 0.5) is 9.18 Å². The molecule has 0 spiro atoms. The van der Waals surface area contributed by atoms with Crippen LogP contribution < -0.4 is 5.32 Å². The Morgan fingerprint density at radius 1 is 1.42 bits per heavy atom. The Hall–Kier alpha value is -1.62. The summed E-state index contributed by atoms with van der Waals surface area (Å²) < 4.78 is 13.7. The van der Waals surface area contributed by atoms with Crippen molar-refractivity contribution in [1.29, 1.82) is 0 Å². The van der Waals surface area contributed by atoms with Gasteiger partial charge in [0.15, 0.2) is 0 Å². The molecule has 19 heavy (non-hydrogen) atoms. The smallest absolute Gasteiger partial charge is 0.407 e. The fourth-order valence-corrected chi connectivity index (χ4v) is 2.38. The topological polar surface area (TPSA) is 52.6 Å². The van der Waals surface area contributed by atoms with E-state index in [2.05, 4.69) is 5.32 Å². The summed E-state index contributed by atoms with van der Waals surface area (Å²) >= 11 is 0. The van der Waals surface area contributed by atoms with Gasteiger partial charge in [0.1, 0.15) is 6.17 Å². The van der Waals surface area contributed by atoms with E-state index < -0.39 is 12.3 Å². The average Bonchev–Trinajstić information content (AvgIpc) is 2.41. The van der Waals surface area contributed by atoms with Crippen LogP contribution in [0.1, 0.15) is 12.0 Å². The van der Waals surface area contributed by atoms with Crippen LogP contribution in [-0.4, -0.2) is 41.9 Å². The van der Waals surface area contributed by atoms with Crippen molar-refractivity contribution in [2.45, 2.75) is 19.1 Å². The zero-order chi connectivity index (χ0) is 13.7. The quantitative estimate of drug-likeness (QED) is 0.877. The highest BCUT2D eigenvalue weighted by Crippen LogP contribution is 2.18. The lowest BCUT2D eigenvalue weighted by Crippen LogP contribution is -2.44. The number of amides is 1. The predicted octanol–water partition coefficient (Wildman–Crippen LogP) is 2.11. The van der Waals surface area contributed by atoms with E-state index in [-0.39, 0.29) is 12.5 Å². The molecule has 1 aliphatic heterocycles. The van der Waals surface area contributed by atoms with Crippen molar-refractivity contribution in [1.82, 2.24) is 10.2 Å². The Balaban J connectivity index is 1.98. The summed E-state index contributed by atoms with van der Waals surface area (Å²) in [6.07, 6.45) is -1.28. The van der Waals surface area contributed by atoms with Gasteiger partial charge in [0.25, 0.3) is 0 Å². The molecule has 1 heterocycles. The van der Waals surface area contributed by atoms with Crippen molar-refractivity contribution in [2.75, 3.05) is 19.6 Å². The second-order valence-electron chi connectivity index (χ2n) is 4.92. The van der Waals surface area contributed by atoms with E-state index >= 15 is 0 Å². The van der Waals surface area contributed by atoms with E-state index in [4.69, 9.17) is 0 Å². The molecule has 0 aliphatic carbocycles. The van der Waals surface area contributed by atoms with E-state index in [0.29, 0.717) is 19.5 Å². The van der Waals surface area contributed by atoms with Gasteiger partial charge in [-0.05, 0) is 18.5 Å². The fraction of sp³-hybridized carbons (Fsp3) is 0.500. The Bertz CT molecular complexity index is 413. The number of nitrogens with zero attached hydrogens (tertiary/aromatic N) is 1. The van der Waals surface area contributed by atoms with Crippen LogP contribution in [0, 0.1) is 5.92 Å². The first-order valence-corrected chi connectivity index (χ1v) is 6.53. The number of carbonyl (C=O) groups is 1. The van der Waals surface area contributed by atoms with Gasteiger partial charge in [-0.2, -0.15) is 0 Å². The second kappa shape index (κ2) is 6.52. The van der Waals surface area contributed by atoms with Crippen molar-refractivity contribution in [3.63, 3.8) is 0 Å². The number of nitrogens with one attached hydrogen (secondary N) is 1. The molecule has 0 aromatic heterocycles. The molecule has 4 nitrogen and oxygen atoms in total. The highest BCUT2D eigenvalue weighted by molar-refractivity contribution is 5.65. The lowest BCUT2D eigenvalue weighted by atomic mass is 9.95. The molecule has 2 rings (SSSR count). The molecule has 1 fully saturated rings. The van der Waals surface area contributed by atoms with Crippen LogP contribution in [0.25, 0.3) is 0 Å². The molecule has 104 valence electrons. The Morgan fingerprint density at radius 2 is 2.16 bits per heavy atom. The molecule has 0 bridgehead atoms. The summed E-state index contributed by atoms with van der Waals surface area (Å²) in [7, 11) is 0. The van der Waals surface area contributed by atoms with Gasteiger partial charge in [0.2, 0.25) is 0 Å². The van der Waals surface area contributed by atoms with Crippen LogP contribution >= 0.6 is 0 Å². The number of alkyl halides is 1. The number of hydrogen-bond acceptors (Lipinski definition) is 2. The molecule has 0 saturated carbocycles. The lowest BCUT2D eigenvalue weighted by molar-refractivity contribution is 0.103. The molecule has 0 unspecified atom stereocenters. The van der Waals surface area contributed by atoms with E-state index in [1.807, 2.05) is 30.3 Å². The summed E-state index contributed by atoms with van der Waals surface area (Å²) in [5.41, 5.74) is 0.925. The first kappa shape index (κ1) is 13.8. The molecule has 0 radical (unpaired) electrons. The van der Waals surface area contributed by atoms with Gasteiger partial charge in [-0.3, -0.25) is 0 Å². The van der Waals surface area contributed by atoms with E-state index in [9.17, 15) is 14.3 Å². The Labute approximate surface area is 112 Å². The number of benzene rings is 1. The Kier molecular flexibility index (Phi) is 4.74. The lowest BCUT2D eigenvalue weighted by Gasteiger charge is -2.31. The molecule has 1 aliphatic rings. The summed E-state index contributed by atoms with van der Waals surface area (Å²) in [5, 5.41) is 12.2. The molecule has 2 N–H and O–H groups in total. The van der Waals surface area contributed by atoms with Gasteiger partial charge in [-0.25, -0.2) is 9.18 Å². The van der Waals surface area contributed by atoms with E-state index in [1.54, 1.807) is 0 Å². The zero-order valence-electron chi connectivity index (χ0n) is 10.8. The third-order valence-corrected chi connectivity index (χ3v) is 3.48. The second-order valence-corrected chi connectivity index (χ2v) is 4.92. The summed E-state index contributed by atoms with van der Waals surface area (Å²) in [4.78, 5) is 12.6. The third-order valence-electron chi connectivity index (χ3n) is 3.48. The van der Waals surface area contributed by atoms with E-state index in [0.717, 1.165) is 12.1 Å². The molecule has 1 amide bonds. The maximum atomic E-state index is 13.7. The number of rotatable bonds is 4. The SMILES string of the molecule is O=C(O)N(Cc1ccccc1)C[C@H]1CCNC[C@H]1F. The molecule has 1 saturated heterocycles. The normalized spacial score (nSPS) is 23.0. The third kappa shape index (κ3) is 3.92. The number of carboxylic acid groups (broad SMARTS) is 1. The van der Waals surface area contributed by atoms with Gasteiger partial charge in [0, 0.05) is 25.6 Å². The van der Waals surface area contributed by atoms with Crippen molar-refractivity contribution in [2.24, 2.45) is 5.92 Å². The summed E-state index contributed by atoms with van der Waals surface area (Å²) in [6, 6.07) is 9.39. The van der Waals surface area contributed by atoms with Crippen molar-refractivity contribution in [3.05, 3.63) is 35.9 Å². The maximum Gasteiger partial charge on any atom is 0.407 e. The van der Waals surface area contributed by atoms with Gasteiger partial charge >= 0.3 is 6.09 Å². The van der Waals surface area contributed by atoms with Crippen LogP contribution in [0.2, 0.25) is 0 Å². The highest BCUT2D eigenvalue weighted by atomic mass is 19.1. The first-order valence-electron chi connectivity index (χ1n) is 6.53. The van der Waals surface area contributed by atoms with Crippen molar-refractivity contribution >= 4 is 6.09 Å². The number of hydrogen-bond donors (Lipinski definition) is 2. The number of piperidine rings is 1. The highest BCUT2D eigenvalue weighted by Gasteiger charge is 2.28. The summed E-state index contributed by atoms with van der Waals surface area (Å²) in [5.74, 6) is -0.207. The van der Waals surface area contributed by atoms with Crippen molar-refractivity contribution < 1.29 is 14.3 Å². The van der Waals surface area contributed by atoms with Gasteiger partial charge in [-0.1, -0.05) is 30.3 Å². The van der Waals surface area contributed by atoms with Crippen LogP contribution in [0.15, 0.2) is 30.3 Å². The molecule has 1 aromatic carbocycles. The number of halogens is 1. The molecule has 5 heteroatoms. The van der Waals surface area contributed by atoms with Gasteiger partial charge < -0.3 is 15.3 Å². The minimum Gasteiger partial charge on any atom is -0.465 e. The Morgan fingerprint density at radius 3 is 2.79 bits per heavy atom. The zero-order valence-corrected chi connectivity index (χ0v) is 10.8.